The number of aliphatic hydroxyl groups excluding tert-OH is 1. The van der Waals surface area contributed by atoms with Crippen molar-refractivity contribution >= 4 is 35.6 Å². The maximum absolute atomic E-state index is 14.5. The molecular formula is C18H28FIN4O2. The van der Waals surface area contributed by atoms with Crippen molar-refractivity contribution in [1.82, 2.24) is 10.2 Å². The van der Waals surface area contributed by atoms with E-state index in [1.807, 2.05) is 28.9 Å². The Morgan fingerprint density at radius 3 is 2.73 bits per heavy atom. The molecule has 8 heteroatoms. The van der Waals surface area contributed by atoms with Crippen molar-refractivity contribution in [2.24, 2.45) is 4.99 Å². The smallest absolute Gasteiger partial charge is 0.194 e. The van der Waals surface area contributed by atoms with Crippen molar-refractivity contribution < 1.29 is 14.2 Å². The molecule has 0 aromatic heterocycles. The number of hydrogen-bond donors (Lipinski definition) is 2. The normalized spacial score (nSPS) is 20.9. The number of anilines is 1. The van der Waals surface area contributed by atoms with Gasteiger partial charge >= 0.3 is 0 Å². The van der Waals surface area contributed by atoms with Crippen LogP contribution in [-0.2, 0) is 11.3 Å². The SMILES string of the molecule is CCNC(=NCc1ccc(N2CCOCC2)c(F)c1)N1CC[C@@H](O)C1.I. The fourth-order valence-electron chi connectivity index (χ4n) is 3.24. The van der Waals surface area contributed by atoms with Crippen LogP contribution < -0.4 is 10.2 Å². The van der Waals surface area contributed by atoms with E-state index in [0.717, 1.165) is 44.1 Å². The van der Waals surface area contributed by atoms with E-state index < -0.39 is 0 Å². The molecule has 3 rings (SSSR count). The predicted octanol–water partition coefficient (Wildman–Crippen LogP) is 1.81. The molecule has 0 radical (unpaired) electrons. The molecule has 0 unspecified atom stereocenters. The van der Waals surface area contributed by atoms with Gasteiger partial charge in [-0.25, -0.2) is 9.38 Å². The second-order valence-electron chi connectivity index (χ2n) is 6.44. The molecule has 2 aliphatic heterocycles. The number of halogens is 2. The fourth-order valence-corrected chi connectivity index (χ4v) is 3.24. The van der Waals surface area contributed by atoms with E-state index >= 15 is 0 Å². The van der Waals surface area contributed by atoms with E-state index in [9.17, 15) is 9.50 Å². The Kier molecular flexibility index (Phi) is 8.36. The molecule has 2 heterocycles. The van der Waals surface area contributed by atoms with Gasteiger partial charge in [0.1, 0.15) is 5.82 Å². The van der Waals surface area contributed by atoms with Crippen LogP contribution in [0.15, 0.2) is 23.2 Å². The average Bonchev–Trinajstić information content (AvgIpc) is 3.06. The van der Waals surface area contributed by atoms with Crippen LogP contribution in [0.3, 0.4) is 0 Å². The lowest BCUT2D eigenvalue weighted by atomic mass is 10.1. The van der Waals surface area contributed by atoms with Crippen LogP contribution in [0.4, 0.5) is 10.1 Å². The van der Waals surface area contributed by atoms with Crippen LogP contribution in [0.2, 0.25) is 0 Å². The van der Waals surface area contributed by atoms with E-state index in [1.54, 1.807) is 6.07 Å². The molecule has 2 saturated heterocycles. The topological polar surface area (TPSA) is 60.3 Å². The second kappa shape index (κ2) is 10.3. The number of benzene rings is 1. The van der Waals surface area contributed by atoms with Crippen LogP contribution >= 0.6 is 24.0 Å². The molecule has 0 amide bonds. The molecule has 2 aliphatic rings. The summed E-state index contributed by atoms with van der Waals surface area (Å²) < 4.78 is 19.8. The molecule has 0 spiro atoms. The van der Waals surface area contributed by atoms with E-state index in [2.05, 4.69) is 10.3 Å². The summed E-state index contributed by atoms with van der Waals surface area (Å²) in [4.78, 5) is 8.67. The van der Waals surface area contributed by atoms with Gasteiger partial charge in [-0.15, -0.1) is 24.0 Å². The number of guanidine groups is 1. The van der Waals surface area contributed by atoms with Crippen molar-refractivity contribution in [2.75, 3.05) is 50.8 Å². The summed E-state index contributed by atoms with van der Waals surface area (Å²) in [7, 11) is 0. The number of nitrogens with zero attached hydrogens (tertiary/aromatic N) is 3. The maximum atomic E-state index is 14.5. The lowest BCUT2D eigenvalue weighted by Crippen LogP contribution is -2.40. The third kappa shape index (κ3) is 5.43. The number of ether oxygens (including phenoxy) is 1. The van der Waals surface area contributed by atoms with Gasteiger partial charge in [-0.05, 0) is 31.0 Å². The van der Waals surface area contributed by atoms with Crippen LogP contribution in [-0.4, -0.2) is 68.0 Å². The molecular weight excluding hydrogens is 450 g/mol. The molecule has 1 aromatic rings. The lowest BCUT2D eigenvalue weighted by molar-refractivity contribution is 0.122. The summed E-state index contributed by atoms with van der Waals surface area (Å²) in [6.07, 6.45) is 0.460. The average molecular weight is 478 g/mol. The highest BCUT2D eigenvalue weighted by molar-refractivity contribution is 14.0. The van der Waals surface area contributed by atoms with Gasteiger partial charge in [0.05, 0.1) is 31.5 Å². The van der Waals surface area contributed by atoms with Crippen molar-refractivity contribution in [3.8, 4) is 0 Å². The van der Waals surface area contributed by atoms with Gasteiger partial charge in [-0.2, -0.15) is 0 Å². The Morgan fingerprint density at radius 2 is 2.12 bits per heavy atom. The number of nitrogens with one attached hydrogen (secondary N) is 1. The molecule has 2 N–H and O–H groups in total. The Balaban J connectivity index is 0.00000243. The first kappa shape index (κ1) is 21.2. The number of likely N-dealkylation sites (tertiary alicyclic amines) is 1. The predicted molar refractivity (Wildman–Crippen MR) is 112 cm³/mol. The Bertz CT molecular complexity index is 611. The maximum Gasteiger partial charge on any atom is 0.194 e. The zero-order chi connectivity index (χ0) is 17.6. The Morgan fingerprint density at radius 1 is 1.35 bits per heavy atom. The monoisotopic (exact) mass is 478 g/mol. The van der Waals surface area contributed by atoms with Crippen LogP contribution in [0.1, 0.15) is 18.9 Å². The minimum atomic E-state index is -0.297. The van der Waals surface area contributed by atoms with Gasteiger partial charge in [0.15, 0.2) is 5.96 Å². The van der Waals surface area contributed by atoms with Crippen molar-refractivity contribution in [2.45, 2.75) is 26.0 Å². The summed E-state index contributed by atoms with van der Waals surface area (Å²) >= 11 is 0. The number of β-amino-alcohol motifs (C(OH)–C–C–N with tert-alkyl or cyclic N) is 1. The highest BCUT2D eigenvalue weighted by Crippen LogP contribution is 2.22. The Labute approximate surface area is 171 Å². The summed E-state index contributed by atoms with van der Waals surface area (Å²) in [6.45, 7) is 7.28. The molecule has 0 saturated carbocycles. The summed E-state index contributed by atoms with van der Waals surface area (Å²) in [6, 6.07) is 5.33. The standard InChI is InChI=1S/C18H27FN4O2.HI/c1-2-20-18(23-6-5-15(24)13-23)21-12-14-3-4-17(16(19)11-14)22-7-9-25-10-8-22;/h3-4,11,15,24H,2,5-10,12-13H2,1H3,(H,20,21);1H/t15-;/m1./s1. The van der Waals surface area contributed by atoms with Gasteiger partial charge < -0.3 is 25.0 Å². The minimum Gasteiger partial charge on any atom is -0.391 e. The van der Waals surface area contributed by atoms with Gasteiger partial charge in [0.2, 0.25) is 0 Å². The molecule has 0 aliphatic carbocycles. The summed E-state index contributed by atoms with van der Waals surface area (Å²) in [5.41, 5.74) is 1.47. The molecule has 146 valence electrons. The van der Waals surface area contributed by atoms with Crippen molar-refractivity contribution in [3.63, 3.8) is 0 Å². The van der Waals surface area contributed by atoms with E-state index in [-0.39, 0.29) is 35.9 Å². The van der Waals surface area contributed by atoms with Crippen molar-refractivity contribution in [1.29, 1.82) is 0 Å². The number of hydrogen-bond acceptors (Lipinski definition) is 4. The molecule has 26 heavy (non-hydrogen) atoms. The largest absolute Gasteiger partial charge is 0.391 e. The quantitative estimate of drug-likeness (QED) is 0.393. The van der Waals surface area contributed by atoms with Gasteiger partial charge in [0, 0.05) is 32.7 Å². The third-order valence-corrected chi connectivity index (χ3v) is 4.57. The molecule has 1 atom stereocenters. The lowest BCUT2D eigenvalue weighted by Gasteiger charge is -2.29. The first-order valence-electron chi connectivity index (χ1n) is 9.00. The number of aliphatic imine (C=N–C) groups is 1. The first-order chi connectivity index (χ1) is 12.2. The van der Waals surface area contributed by atoms with E-state index in [1.165, 1.54) is 0 Å². The molecule has 1 aromatic carbocycles. The Hall–Kier alpha value is -1.13. The molecule has 2 fully saturated rings. The minimum absolute atomic E-state index is 0. The van der Waals surface area contributed by atoms with Gasteiger partial charge in [-0.1, -0.05) is 6.07 Å². The highest BCUT2D eigenvalue weighted by Gasteiger charge is 2.22. The number of aliphatic hydroxyl groups is 1. The second-order valence-corrected chi connectivity index (χ2v) is 6.44. The molecule has 6 nitrogen and oxygen atoms in total. The first-order valence-corrected chi connectivity index (χ1v) is 9.00. The van der Waals surface area contributed by atoms with Crippen LogP contribution in [0.25, 0.3) is 0 Å². The number of rotatable bonds is 4. The van der Waals surface area contributed by atoms with Gasteiger partial charge in [-0.3, -0.25) is 0 Å². The molecule has 0 bridgehead atoms. The van der Waals surface area contributed by atoms with Crippen LogP contribution in [0, 0.1) is 5.82 Å². The van der Waals surface area contributed by atoms with Crippen LogP contribution in [0.5, 0.6) is 0 Å². The van der Waals surface area contributed by atoms with Crippen molar-refractivity contribution in [3.05, 3.63) is 29.6 Å². The van der Waals surface area contributed by atoms with E-state index in [0.29, 0.717) is 32.0 Å². The fraction of sp³-hybridized carbons (Fsp3) is 0.611. The summed E-state index contributed by atoms with van der Waals surface area (Å²) in [5.74, 6) is 0.563. The zero-order valence-corrected chi connectivity index (χ0v) is 17.5. The van der Waals surface area contributed by atoms with Gasteiger partial charge in [0.25, 0.3) is 0 Å². The zero-order valence-electron chi connectivity index (χ0n) is 15.2. The summed E-state index contributed by atoms with van der Waals surface area (Å²) in [5, 5.41) is 12.9. The number of morpholine rings is 1. The highest BCUT2D eigenvalue weighted by atomic mass is 127. The third-order valence-electron chi connectivity index (χ3n) is 4.57. The van der Waals surface area contributed by atoms with E-state index in [4.69, 9.17) is 4.74 Å².